The average Bonchev–Trinajstić information content (AvgIpc) is 3.09. The van der Waals surface area contributed by atoms with Crippen LogP contribution in [0.4, 0.5) is 4.39 Å². The van der Waals surface area contributed by atoms with Crippen molar-refractivity contribution in [2.45, 2.75) is 38.3 Å². The van der Waals surface area contributed by atoms with E-state index in [9.17, 15) is 9.18 Å². The number of carbonyl (C=O) groups is 1. The highest BCUT2D eigenvalue weighted by Crippen LogP contribution is 2.30. The molecule has 4 rings (SSSR count). The molecule has 4 nitrogen and oxygen atoms in total. The largest absolute Gasteiger partial charge is 0.390 e. The van der Waals surface area contributed by atoms with Gasteiger partial charge in [-0.05, 0) is 48.2 Å². The second kappa shape index (κ2) is 8.31. The zero-order chi connectivity index (χ0) is 19.5. The molecule has 0 radical (unpaired) electrons. The van der Waals surface area contributed by atoms with Gasteiger partial charge in [0.1, 0.15) is 5.82 Å². The Morgan fingerprint density at radius 2 is 2.00 bits per heavy atom. The van der Waals surface area contributed by atoms with Crippen LogP contribution in [0, 0.1) is 11.7 Å². The molecule has 1 atom stereocenters. The van der Waals surface area contributed by atoms with E-state index in [0.29, 0.717) is 24.5 Å². The van der Waals surface area contributed by atoms with Crippen molar-refractivity contribution >= 4 is 23.2 Å². The number of benzene rings is 2. The van der Waals surface area contributed by atoms with Gasteiger partial charge in [0, 0.05) is 23.9 Å². The minimum Gasteiger partial charge on any atom is -0.390 e. The summed E-state index contributed by atoms with van der Waals surface area (Å²) >= 11 is 5.95. The maximum absolute atomic E-state index is 13.6. The Balaban J connectivity index is 1.43. The van der Waals surface area contributed by atoms with Crippen molar-refractivity contribution < 1.29 is 14.0 Å². The van der Waals surface area contributed by atoms with E-state index in [1.54, 1.807) is 11.0 Å². The van der Waals surface area contributed by atoms with E-state index in [0.717, 1.165) is 36.1 Å². The maximum atomic E-state index is 13.6. The number of hydrogen-bond acceptors (Lipinski definition) is 3. The number of halogens is 2. The Bertz CT molecular complexity index is 880. The molecular weight excluding hydrogens is 379 g/mol. The molecule has 0 N–H and O–H groups in total. The van der Waals surface area contributed by atoms with Gasteiger partial charge in [0.2, 0.25) is 5.91 Å². The molecular formula is C22H22ClFN2O2. The van der Waals surface area contributed by atoms with Gasteiger partial charge < -0.3 is 9.74 Å². The highest BCUT2D eigenvalue weighted by atomic mass is 35.5. The molecule has 1 heterocycles. The third-order valence-electron chi connectivity index (χ3n) is 5.36. The van der Waals surface area contributed by atoms with Gasteiger partial charge in [-0.1, -0.05) is 47.4 Å². The van der Waals surface area contributed by atoms with E-state index in [2.05, 4.69) is 5.16 Å². The van der Waals surface area contributed by atoms with Gasteiger partial charge in [-0.15, -0.1) is 0 Å². The summed E-state index contributed by atoms with van der Waals surface area (Å²) < 4.78 is 13.6. The monoisotopic (exact) mass is 400 g/mol. The normalized spacial score (nSPS) is 18.9. The Kier molecular flexibility index (Phi) is 5.62. The van der Waals surface area contributed by atoms with Crippen molar-refractivity contribution in [1.29, 1.82) is 0 Å². The van der Waals surface area contributed by atoms with Crippen molar-refractivity contribution in [2.24, 2.45) is 11.1 Å². The first-order chi connectivity index (χ1) is 13.6. The summed E-state index contributed by atoms with van der Waals surface area (Å²) in [4.78, 5) is 20.3. The molecule has 0 aromatic heterocycles. The molecule has 1 aliphatic carbocycles. The fourth-order valence-electron chi connectivity index (χ4n) is 3.59. The average molecular weight is 401 g/mol. The molecule has 1 aliphatic heterocycles. The smallest absolute Gasteiger partial charge is 0.226 e. The van der Waals surface area contributed by atoms with Crippen LogP contribution in [0.25, 0.3) is 0 Å². The van der Waals surface area contributed by atoms with Crippen LogP contribution in [0.5, 0.6) is 0 Å². The zero-order valence-corrected chi connectivity index (χ0v) is 16.2. The van der Waals surface area contributed by atoms with Crippen LogP contribution >= 0.6 is 11.6 Å². The summed E-state index contributed by atoms with van der Waals surface area (Å²) in [7, 11) is 0. The second-order valence-electron chi connectivity index (χ2n) is 7.45. The van der Waals surface area contributed by atoms with E-state index in [4.69, 9.17) is 16.4 Å². The molecule has 1 saturated carbocycles. The van der Waals surface area contributed by atoms with Crippen LogP contribution in [0.2, 0.25) is 5.02 Å². The topological polar surface area (TPSA) is 41.9 Å². The molecule has 0 saturated heterocycles. The number of amides is 1. The van der Waals surface area contributed by atoms with Crippen molar-refractivity contribution in [1.82, 2.24) is 4.90 Å². The van der Waals surface area contributed by atoms with Gasteiger partial charge >= 0.3 is 0 Å². The third kappa shape index (κ3) is 4.36. The molecule has 0 bridgehead atoms. The van der Waals surface area contributed by atoms with Crippen LogP contribution in [-0.4, -0.2) is 29.2 Å². The third-order valence-corrected chi connectivity index (χ3v) is 5.61. The first kappa shape index (κ1) is 18.9. The van der Waals surface area contributed by atoms with Crippen LogP contribution in [0.3, 0.4) is 0 Å². The Morgan fingerprint density at radius 1 is 1.21 bits per heavy atom. The fourth-order valence-corrected chi connectivity index (χ4v) is 3.71. The van der Waals surface area contributed by atoms with E-state index in [1.807, 2.05) is 30.3 Å². The van der Waals surface area contributed by atoms with Crippen LogP contribution in [-0.2, 0) is 16.2 Å². The summed E-state index contributed by atoms with van der Waals surface area (Å²) in [5.41, 5.74) is 2.60. The maximum Gasteiger partial charge on any atom is 0.226 e. The second-order valence-corrected chi connectivity index (χ2v) is 7.89. The van der Waals surface area contributed by atoms with Gasteiger partial charge in [-0.3, -0.25) is 4.79 Å². The summed E-state index contributed by atoms with van der Waals surface area (Å²) in [6.45, 7) is 0.815. The molecule has 0 unspecified atom stereocenters. The summed E-state index contributed by atoms with van der Waals surface area (Å²) in [6, 6.07) is 13.9. The molecule has 146 valence electrons. The summed E-state index contributed by atoms with van der Waals surface area (Å²) in [5, 5.41) is 4.88. The molecule has 1 amide bonds. The van der Waals surface area contributed by atoms with E-state index in [1.165, 1.54) is 12.1 Å². The van der Waals surface area contributed by atoms with Crippen molar-refractivity contribution in [3.63, 3.8) is 0 Å². The molecule has 1 fully saturated rings. The predicted octanol–water partition coefficient (Wildman–Crippen LogP) is 4.80. The van der Waals surface area contributed by atoms with Gasteiger partial charge in [0.25, 0.3) is 0 Å². The number of oxime groups is 1. The first-order valence-electron chi connectivity index (χ1n) is 9.60. The quantitative estimate of drug-likeness (QED) is 0.698. The number of nitrogens with zero attached hydrogens (tertiary/aromatic N) is 2. The van der Waals surface area contributed by atoms with Gasteiger partial charge in [-0.25, -0.2) is 4.39 Å². The SMILES string of the molecule is O=C(C1CCC1)N(Cc1cccc(F)c1)C[C@@H]1CC(c2ccc(Cl)cc2)=NO1. The lowest BCUT2D eigenvalue weighted by molar-refractivity contribution is -0.140. The molecule has 2 aromatic carbocycles. The predicted molar refractivity (Wildman–Crippen MR) is 107 cm³/mol. The lowest BCUT2D eigenvalue weighted by atomic mass is 9.84. The minimum atomic E-state index is -0.293. The molecule has 28 heavy (non-hydrogen) atoms. The van der Waals surface area contributed by atoms with E-state index < -0.39 is 0 Å². The van der Waals surface area contributed by atoms with Crippen molar-refractivity contribution in [3.05, 3.63) is 70.5 Å². The van der Waals surface area contributed by atoms with Gasteiger partial charge in [0.15, 0.2) is 6.10 Å². The standard InChI is InChI=1S/C22H22ClFN2O2/c23-18-9-7-16(8-10-18)21-12-20(28-25-21)14-26(22(27)17-4-2-5-17)13-15-3-1-6-19(24)11-15/h1,3,6-11,17,20H,2,4-5,12-14H2/t20-/m0/s1. The van der Waals surface area contributed by atoms with Gasteiger partial charge in [-0.2, -0.15) is 0 Å². The summed E-state index contributed by atoms with van der Waals surface area (Å²) in [5.74, 6) is -0.0929. The molecule has 2 aromatic rings. The van der Waals surface area contributed by atoms with E-state index in [-0.39, 0.29) is 23.7 Å². The Hall–Kier alpha value is -2.40. The fraction of sp³-hybridized carbons (Fsp3) is 0.364. The Morgan fingerprint density at radius 3 is 2.68 bits per heavy atom. The first-order valence-corrected chi connectivity index (χ1v) is 9.98. The molecule has 6 heteroatoms. The van der Waals surface area contributed by atoms with Gasteiger partial charge in [0.05, 0.1) is 12.3 Å². The van der Waals surface area contributed by atoms with Crippen LogP contribution < -0.4 is 0 Å². The highest BCUT2D eigenvalue weighted by Gasteiger charge is 2.33. The number of carbonyl (C=O) groups excluding carboxylic acids is 1. The van der Waals surface area contributed by atoms with Crippen LogP contribution in [0.15, 0.2) is 53.7 Å². The number of rotatable bonds is 6. The van der Waals surface area contributed by atoms with Crippen LogP contribution in [0.1, 0.15) is 36.8 Å². The number of hydrogen-bond donors (Lipinski definition) is 0. The van der Waals surface area contributed by atoms with Crippen molar-refractivity contribution in [2.75, 3.05) is 6.54 Å². The summed E-state index contributed by atoms with van der Waals surface area (Å²) in [6.07, 6.45) is 3.36. The lowest BCUT2D eigenvalue weighted by Gasteiger charge is -2.32. The van der Waals surface area contributed by atoms with E-state index >= 15 is 0 Å². The molecule has 2 aliphatic rings. The highest BCUT2D eigenvalue weighted by molar-refractivity contribution is 6.30. The lowest BCUT2D eigenvalue weighted by Crippen LogP contribution is -2.42. The zero-order valence-electron chi connectivity index (χ0n) is 15.5. The minimum absolute atomic E-state index is 0.0756. The molecule has 0 spiro atoms. The van der Waals surface area contributed by atoms with Crippen molar-refractivity contribution in [3.8, 4) is 0 Å². The Labute approximate surface area is 168 Å².